The Morgan fingerprint density at radius 2 is 2.11 bits per heavy atom. The van der Waals surface area contributed by atoms with Crippen LogP contribution >= 0.6 is 0 Å². The van der Waals surface area contributed by atoms with Gasteiger partial charge in [0.1, 0.15) is 28.8 Å². The summed E-state index contributed by atoms with van der Waals surface area (Å²) in [6, 6.07) is 2.40. The molecule has 0 radical (unpaired) electrons. The maximum absolute atomic E-state index is 13.2. The fraction of sp³-hybridized carbons (Fsp3) is 0.158. The van der Waals surface area contributed by atoms with E-state index in [2.05, 4.69) is 20.3 Å². The lowest BCUT2D eigenvalue weighted by Crippen LogP contribution is -2.16. The number of nitrogen functional groups attached to an aromatic ring is 1. The lowest BCUT2D eigenvalue weighted by atomic mass is 9.95. The summed E-state index contributed by atoms with van der Waals surface area (Å²) in [5, 5.41) is 2.61. The van der Waals surface area contributed by atoms with Crippen LogP contribution in [0.25, 0.3) is 11.1 Å². The summed E-state index contributed by atoms with van der Waals surface area (Å²) in [7, 11) is 0. The van der Waals surface area contributed by atoms with Gasteiger partial charge in [0.15, 0.2) is 0 Å². The topological polar surface area (TPSA) is 98.2 Å². The number of aromatic nitrogens is 4. The molecular weight excluding hydrogens is 347 g/mol. The minimum atomic E-state index is -0.451. The van der Waals surface area contributed by atoms with Crippen molar-refractivity contribution in [1.29, 1.82) is 0 Å². The molecule has 8 heteroatoms. The van der Waals surface area contributed by atoms with E-state index in [0.29, 0.717) is 24.2 Å². The number of aryl methyl sites for hydroxylation is 1. The number of halogens is 1. The van der Waals surface area contributed by atoms with Gasteiger partial charge in [0.05, 0.1) is 5.69 Å². The number of carbonyl (C=O) groups excluding carboxylic acids is 1. The largest absolute Gasteiger partial charge is 0.382 e. The van der Waals surface area contributed by atoms with Crippen molar-refractivity contribution in [3.8, 4) is 0 Å². The smallest absolute Gasteiger partial charge is 0.252 e. The van der Waals surface area contributed by atoms with Gasteiger partial charge in [0.2, 0.25) is 0 Å². The second-order valence-corrected chi connectivity index (χ2v) is 6.24. The predicted molar refractivity (Wildman–Crippen MR) is 100 cm³/mol. The summed E-state index contributed by atoms with van der Waals surface area (Å²) in [5.74, 6) is 0.674. The first kappa shape index (κ1) is 16.9. The van der Waals surface area contributed by atoms with Gasteiger partial charge in [-0.15, -0.1) is 0 Å². The Morgan fingerprint density at radius 3 is 2.85 bits per heavy atom. The van der Waals surface area contributed by atoms with Crippen molar-refractivity contribution < 1.29 is 9.18 Å². The predicted octanol–water partition coefficient (Wildman–Crippen LogP) is 2.90. The Balaban J connectivity index is 1.61. The van der Waals surface area contributed by atoms with Crippen LogP contribution in [0.4, 0.5) is 16.0 Å². The Hall–Kier alpha value is -3.55. The molecule has 1 aliphatic rings. The number of amides is 1. The highest BCUT2D eigenvalue weighted by atomic mass is 19.1. The van der Waals surface area contributed by atoms with Crippen LogP contribution in [0, 0.1) is 12.7 Å². The first-order chi connectivity index (χ1) is 13.0. The van der Waals surface area contributed by atoms with Gasteiger partial charge in [-0.1, -0.05) is 12.2 Å². The van der Waals surface area contributed by atoms with E-state index >= 15 is 0 Å². The fourth-order valence-electron chi connectivity index (χ4n) is 3.13. The Bertz CT molecular complexity index is 1110. The molecule has 3 N–H and O–H groups in total. The molecular formula is C19H17FN6O. The summed E-state index contributed by atoms with van der Waals surface area (Å²) in [6.07, 6.45) is 9.55. The van der Waals surface area contributed by atoms with E-state index in [-0.39, 0.29) is 11.7 Å². The summed E-state index contributed by atoms with van der Waals surface area (Å²) in [4.78, 5) is 25.1. The number of allylic oxidation sites excluding steroid dienone is 3. The number of fused-ring (bicyclic) bond motifs is 1. The van der Waals surface area contributed by atoms with E-state index in [1.807, 2.05) is 23.6 Å². The quantitative estimate of drug-likeness (QED) is 0.745. The van der Waals surface area contributed by atoms with Gasteiger partial charge in [0, 0.05) is 30.2 Å². The third kappa shape index (κ3) is 3.17. The van der Waals surface area contributed by atoms with Crippen molar-refractivity contribution in [3.05, 3.63) is 65.8 Å². The zero-order valence-corrected chi connectivity index (χ0v) is 14.6. The van der Waals surface area contributed by atoms with E-state index in [1.54, 1.807) is 12.3 Å². The average Bonchev–Trinajstić information content (AvgIpc) is 3.00. The number of imidazole rings is 1. The van der Waals surface area contributed by atoms with Crippen LogP contribution in [0.3, 0.4) is 0 Å². The van der Waals surface area contributed by atoms with Crippen LogP contribution in [-0.4, -0.2) is 25.3 Å². The number of anilines is 2. The Morgan fingerprint density at radius 1 is 1.26 bits per heavy atom. The van der Waals surface area contributed by atoms with Gasteiger partial charge in [-0.2, -0.15) is 0 Å². The molecule has 0 fully saturated rings. The molecule has 0 spiro atoms. The van der Waals surface area contributed by atoms with E-state index in [0.717, 1.165) is 22.6 Å². The number of hydrogen-bond donors (Lipinski definition) is 2. The third-order valence-corrected chi connectivity index (χ3v) is 4.47. The van der Waals surface area contributed by atoms with Crippen LogP contribution < -0.4 is 11.1 Å². The molecule has 7 nitrogen and oxygen atoms in total. The van der Waals surface area contributed by atoms with Gasteiger partial charge < -0.3 is 11.1 Å². The molecule has 0 unspecified atom stereocenters. The number of hydrogen-bond acceptors (Lipinski definition) is 5. The minimum absolute atomic E-state index is 0.185. The first-order valence-corrected chi connectivity index (χ1v) is 8.45. The maximum atomic E-state index is 13.2. The standard InChI is InChI=1S/C19H17FN6O/c1-11-24-16(17-18(21)23-8-9-26(11)17)12-2-4-13(5-3-12)19(27)25-15-10-14(20)6-7-22-15/h2,4,6-10H,3,5H2,1H3,(H2,21,23)(H,22,25,27). The summed E-state index contributed by atoms with van der Waals surface area (Å²) in [5.41, 5.74) is 9.16. The maximum Gasteiger partial charge on any atom is 0.252 e. The molecule has 0 aliphatic heterocycles. The van der Waals surface area contributed by atoms with Crippen molar-refractivity contribution in [1.82, 2.24) is 19.4 Å². The Labute approximate surface area is 154 Å². The molecule has 0 atom stereocenters. The van der Waals surface area contributed by atoms with Crippen LogP contribution in [-0.2, 0) is 4.79 Å². The molecule has 3 aromatic heterocycles. The summed E-state index contributed by atoms with van der Waals surface area (Å²) < 4.78 is 15.1. The minimum Gasteiger partial charge on any atom is -0.382 e. The van der Waals surface area contributed by atoms with Crippen LogP contribution in [0.15, 0.2) is 48.4 Å². The van der Waals surface area contributed by atoms with Crippen molar-refractivity contribution in [2.45, 2.75) is 19.8 Å². The zero-order valence-electron chi connectivity index (χ0n) is 14.6. The van der Waals surface area contributed by atoms with E-state index in [1.165, 1.54) is 18.3 Å². The second kappa shape index (κ2) is 6.64. The molecule has 1 aliphatic carbocycles. The third-order valence-electron chi connectivity index (χ3n) is 4.47. The molecule has 0 saturated heterocycles. The van der Waals surface area contributed by atoms with Gasteiger partial charge >= 0.3 is 0 Å². The molecule has 0 aromatic carbocycles. The fourth-order valence-corrected chi connectivity index (χ4v) is 3.13. The molecule has 1 amide bonds. The van der Waals surface area contributed by atoms with Gasteiger partial charge in [0.25, 0.3) is 5.91 Å². The highest BCUT2D eigenvalue weighted by molar-refractivity contribution is 6.04. The Kier molecular flexibility index (Phi) is 4.15. The average molecular weight is 364 g/mol. The number of carbonyl (C=O) groups is 1. The van der Waals surface area contributed by atoms with Crippen molar-refractivity contribution in [2.75, 3.05) is 11.1 Å². The number of nitrogens with one attached hydrogen (secondary N) is 1. The van der Waals surface area contributed by atoms with E-state index in [4.69, 9.17) is 5.73 Å². The molecule has 4 rings (SSSR count). The number of pyridine rings is 1. The molecule has 0 saturated carbocycles. The van der Waals surface area contributed by atoms with Gasteiger partial charge in [-0.25, -0.2) is 19.3 Å². The van der Waals surface area contributed by atoms with Crippen LogP contribution in [0.2, 0.25) is 0 Å². The lowest BCUT2D eigenvalue weighted by Gasteiger charge is -2.14. The van der Waals surface area contributed by atoms with Crippen molar-refractivity contribution in [3.63, 3.8) is 0 Å². The van der Waals surface area contributed by atoms with Crippen LogP contribution in [0.5, 0.6) is 0 Å². The molecule has 3 aromatic rings. The molecule has 0 bridgehead atoms. The lowest BCUT2D eigenvalue weighted by molar-refractivity contribution is -0.113. The second-order valence-electron chi connectivity index (χ2n) is 6.24. The van der Waals surface area contributed by atoms with Gasteiger partial charge in [-0.3, -0.25) is 9.20 Å². The number of nitrogens with two attached hydrogens (primary N) is 1. The van der Waals surface area contributed by atoms with Crippen molar-refractivity contribution in [2.24, 2.45) is 0 Å². The van der Waals surface area contributed by atoms with Crippen molar-refractivity contribution >= 4 is 28.6 Å². The monoisotopic (exact) mass is 364 g/mol. The highest BCUT2D eigenvalue weighted by Gasteiger charge is 2.20. The molecule has 3 heterocycles. The number of nitrogens with zero attached hydrogens (tertiary/aromatic N) is 4. The first-order valence-electron chi connectivity index (χ1n) is 8.45. The molecule has 27 heavy (non-hydrogen) atoms. The molecule has 136 valence electrons. The van der Waals surface area contributed by atoms with Gasteiger partial charge in [-0.05, 0) is 31.4 Å². The summed E-state index contributed by atoms with van der Waals surface area (Å²) in [6.45, 7) is 1.90. The number of rotatable bonds is 3. The van der Waals surface area contributed by atoms with E-state index < -0.39 is 5.82 Å². The van der Waals surface area contributed by atoms with E-state index in [9.17, 15) is 9.18 Å². The normalized spacial score (nSPS) is 14.0. The summed E-state index contributed by atoms with van der Waals surface area (Å²) >= 11 is 0. The zero-order chi connectivity index (χ0) is 19.0. The SMILES string of the molecule is Cc1nc(C2=CC=C(C(=O)Nc3cc(F)ccn3)CC2)c2c(N)nccn12. The van der Waals surface area contributed by atoms with Crippen LogP contribution in [0.1, 0.15) is 24.4 Å². The highest BCUT2D eigenvalue weighted by Crippen LogP contribution is 2.31.